The molecule has 0 heterocycles. The molecule has 0 radical (unpaired) electrons. The number of aliphatic hydroxyl groups excluding tert-OH is 1. The van der Waals surface area contributed by atoms with Crippen molar-refractivity contribution in [2.75, 3.05) is 12.3 Å². The van der Waals surface area contributed by atoms with Crippen molar-refractivity contribution < 1.29 is 23.1 Å². The molecule has 0 aliphatic rings. The molecule has 0 aromatic heterocycles. The average Bonchev–Trinajstić information content (AvgIpc) is 2.34. The number of aliphatic hydroxyl groups is 1. The molecule has 1 aromatic rings. The van der Waals surface area contributed by atoms with Gasteiger partial charge in [0.15, 0.2) is 6.10 Å². The first-order valence-electron chi connectivity index (χ1n) is 5.35. The van der Waals surface area contributed by atoms with Crippen LogP contribution >= 0.6 is 0 Å². The lowest BCUT2D eigenvalue weighted by Gasteiger charge is -2.14. The molecule has 1 unspecified atom stereocenters. The summed E-state index contributed by atoms with van der Waals surface area (Å²) >= 11 is 0. The Morgan fingerprint density at radius 3 is 2.47 bits per heavy atom. The van der Waals surface area contributed by atoms with E-state index in [2.05, 4.69) is 0 Å². The third-order valence-electron chi connectivity index (χ3n) is 2.21. The highest BCUT2D eigenvalue weighted by Gasteiger charge is 2.37. The van der Waals surface area contributed by atoms with Crippen LogP contribution in [0.15, 0.2) is 30.3 Å². The number of amides is 1. The molecule has 0 aliphatic carbocycles. The van der Waals surface area contributed by atoms with Gasteiger partial charge in [-0.15, -0.1) is 0 Å². The van der Waals surface area contributed by atoms with Gasteiger partial charge in [0.2, 0.25) is 5.91 Å². The zero-order valence-corrected chi connectivity index (χ0v) is 9.82. The fourth-order valence-corrected chi connectivity index (χ4v) is 1.15. The Hall–Kier alpha value is -2.02. The Morgan fingerprint density at radius 2 is 1.95 bits per heavy atom. The lowest BCUT2D eigenvalue weighted by Crippen LogP contribution is -2.40. The van der Waals surface area contributed by atoms with Crippen LogP contribution in [0.3, 0.4) is 0 Å². The van der Waals surface area contributed by atoms with E-state index >= 15 is 0 Å². The van der Waals surface area contributed by atoms with E-state index in [0.717, 1.165) is 6.08 Å². The largest absolute Gasteiger partial charge is 0.416 e. The lowest BCUT2D eigenvalue weighted by atomic mass is 10.2. The molecule has 0 saturated heterocycles. The Labute approximate surface area is 107 Å². The van der Waals surface area contributed by atoms with Crippen molar-refractivity contribution in [1.29, 1.82) is 0 Å². The molecular formula is C12H13F3N2O2. The van der Waals surface area contributed by atoms with Crippen LogP contribution in [0.5, 0.6) is 0 Å². The van der Waals surface area contributed by atoms with Gasteiger partial charge in [0, 0.05) is 11.8 Å². The summed E-state index contributed by atoms with van der Waals surface area (Å²) in [6.07, 6.45) is -4.81. The van der Waals surface area contributed by atoms with E-state index in [4.69, 9.17) is 10.8 Å². The maximum absolute atomic E-state index is 12.0. The number of hydrogen-bond donors (Lipinski definition) is 3. The number of hydrogen-bond acceptors (Lipinski definition) is 3. The molecular weight excluding hydrogens is 261 g/mol. The number of halogens is 3. The number of alkyl halides is 3. The smallest absolute Gasteiger partial charge is 0.399 e. The molecule has 0 fully saturated rings. The molecule has 1 atom stereocenters. The van der Waals surface area contributed by atoms with Gasteiger partial charge in [-0.3, -0.25) is 4.79 Å². The maximum Gasteiger partial charge on any atom is 0.416 e. The molecule has 0 saturated carbocycles. The van der Waals surface area contributed by atoms with Crippen LogP contribution in [0.2, 0.25) is 0 Å². The number of nitrogens with one attached hydrogen (secondary N) is 1. The van der Waals surface area contributed by atoms with Crippen molar-refractivity contribution in [2.45, 2.75) is 12.3 Å². The molecule has 104 valence electrons. The first kappa shape index (κ1) is 15.0. The quantitative estimate of drug-likeness (QED) is 0.572. The summed E-state index contributed by atoms with van der Waals surface area (Å²) < 4.78 is 35.9. The minimum Gasteiger partial charge on any atom is -0.399 e. The van der Waals surface area contributed by atoms with Crippen LogP contribution in [0.1, 0.15) is 5.56 Å². The second-order valence-electron chi connectivity index (χ2n) is 3.80. The van der Waals surface area contributed by atoms with Gasteiger partial charge in [0.25, 0.3) is 0 Å². The summed E-state index contributed by atoms with van der Waals surface area (Å²) in [5, 5.41) is 10.6. The van der Waals surface area contributed by atoms with Crippen LogP contribution in [0.4, 0.5) is 18.9 Å². The Balaban J connectivity index is 2.45. The number of nitrogens with two attached hydrogens (primary N) is 1. The molecule has 19 heavy (non-hydrogen) atoms. The van der Waals surface area contributed by atoms with Gasteiger partial charge in [-0.25, -0.2) is 0 Å². The summed E-state index contributed by atoms with van der Waals surface area (Å²) in [7, 11) is 0. The van der Waals surface area contributed by atoms with Crippen molar-refractivity contribution in [2.24, 2.45) is 0 Å². The van der Waals surface area contributed by atoms with Crippen molar-refractivity contribution in [1.82, 2.24) is 5.32 Å². The molecule has 4 nitrogen and oxygen atoms in total. The second kappa shape index (κ2) is 6.24. The molecule has 0 bridgehead atoms. The highest BCUT2D eigenvalue weighted by atomic mass is 19.4. The molecule has 1 amide bonds. The van der Waals surface area contributed by atoms with E-state index in [-0.39, 0.29) is 0 Å². The van der Waals surface area contributed by atoms with Crippen molar-refractivity contribution in [3.8, 4) is 0 Å². The SMILES string of the molecule is Nc1ccc(/C=C/C(=O)NCC(O)C(F)(F)F)cc1. The summed E-state index contributed by atoms with van der Waals surface area (Å²) in [5.74, 6) is -0.722. The molecule has 1 rings (SSSR count). The van der Waals surface area contributed by atoms with Gasteiger partial charge in [-0.2, -0.15) is 13.2 Å². The Bertz CT molecular complexity index is 455. The van der Waals surface area contributed by atoms with Crippen molar-refractivity contribution >= 4 is 17.7 Å². The number of nitrogen functional groups attached to an aromatic ring is 1. The van der Waals surface area contributed by atoms with Gasteiger partial charge in [-0.1, -0.05) is 12.1 Å². The van der Waals surface area contributed by atoms with E-state index in [1.807, 2.05) is 5.32 Å². The van der Waals surface area contributed by atoms with Crippen LogP contribution in [0.25, 0.3) is 6.08 Å². The van der Waals surface area contributed by atoms with Crippen LogP contribution in [0, 0.1) is 0 Å². The zero-order chi connectivity index (χ0) is 14.5. The third-order valence-corrected chi connectivity index (χ3v) is 2.21. The fraction of sp³-hybridized carbons (Fsp3) is 0.250. The van der Waals surface area contributed by atoms with Gasteiger partial charge >= 0.3 is 6.18 Å². The van der Waals surface area contributed by atoms with E-state index in [1.54, 1.807) is 24.3 Å². The van der Waals surface area contributed by atoms with Crippen LogP contribution in [-0.2, 0) is 4.79 Å². The number of benzene rings is 1. The molecule has 0 aliphatic heterocycles. The van der Waals surface area contributed by atoms with Crippen molar-refractivity contribution in [3.63, 3.8) is 0 Å². The number of carbonyl (C=O) groups is 1. The molecule has 4 N–H and O–H groups in total. The number of rotatable bonds is 4. The Morgan fingerprint density at radius 1 is 1.37 bits per heavy atom. The predicted octanol–water partition coefficient (Wildman–Crippen LogP) is 1.32. The first-order chi connectivity index (χ1) is 8.79. The van der Waals surface area contributed by atoms with Gasteiger partial charge in [-0.05, 0) is 23.8 Å². The minimum absolute atomic E-state index is 0.565. The number of anilines is 1. The first-order valence-corrected chi connectivity index (χ1v) is 5.35. The third kappa shape index (κ3) is 5.43. The van der Waals surface area contributed by atoms with E-state index in [9.17, 15) is 18.0 Å². The van der Waals surface area contributed by atoms with Crippen LogP contribution in [-0.4, -0.2) is 29.8 Å². The highest BCUT2D eigenvalue weighted by Crippen LogP contribution is 2.19. The average molecular weight is 274 g/mol. The predicted molar refractivity (Wildman–Crippen MR) is 65.0 cm³/mol. The topological polar surface area (TPSA) is 75.4 Å². The fourth-order valence-electron chi connectivity index (χ4n) is 1.15. The van der Waals surface area contributed by atoms with Crippen LogP contribution < -0.4 is 11.1 Å². The second-order valence-corrected chi connectivity index (χ2v) is 3.80. The lowest BCUT2D eigenvalue weighted by molar-refractivity contribution is -0.201. The maximum atomic E-state index is 12.0. The summed E-state index contributed by atoms with van der Waals surface area (Å²) in [5.41, 5.74) is 6.71. The highest BCUT2D eigenvalue weighted by molar-refractivity contribution is 5.91. The van der Waals surface area contributed by atoms with Crippen molar-refractivity contribution in [3.05, 3.63) is 35.9 Å². The summed E-state index contributed by atoms with van der Waals surface area (Å²) in [4.78, 5) is 11.2. The van der Waals surface area contributed by atoms with Gasteiger partial charge < -0.3 is 16.2 Å². The van der Waals surface area contributed by atoms with Gasteiger partial charge in [0.05, 0.1) is 6.54 Å². The summed E-state index contributed by atoms with van der Waals surface area (Å²) in [6, 6.07) is 6.57. The molecule has 7 heteroatoms. The van der Waals surface area contributed by atoms with E-state index in [1.165, 1.54) is 6.08 Å². The monoisotopic (exact) mass is 274 g/mol. The summed E-state index contributed by atoms with van der Waals surface area (Å²) in [6.45, 7) is -0.881. The zero-order valence-electron chi connectivity index (χ0n) is 9.82. The Kier molecular flexibility index (Phi) is 4.94. The minimum atomic E-state index is -4.74. The number of carbonyl (C=O) groups excluding carboxylic acids is 1. The van der Waals surface area contributed by atoms with Gasteiger partial charge in [0.1, 0.15) is 0 Å². The molecule has 0 spiro atoms. The molecule has 1 aromatic carbocycles. The van der Waals surface area contributed by atoms with E-state index in [0.29, 0.717) is 11.3 Å². The standard InChI is InChI=1S/C12H13F3N2O2/c13-12(14,15)10(18)7-17-11(19)6-3-8-1-4-9(16)5-2-8/h1-6,10,18H,7,16H2,(H,17,19)/b6-3+. The normalized spacial score (nSPS) is 13.5. The van der Waals surface area contributed by atoms with E-state index < -0.39 is 24.7 Å².